The second-order valence-corrected chi connectivity index (χ2v) is 4.04. The number of hydrogen-bond donors (Lipinski definition) is 0. The average molecular weight is 201 g/mol. The van der Waals surface area contributed by atoms with Crippen molar-refractivity contribution in [2.45, 2.75) is 27.2 Å². The van der Waals surface area contributed by atoms with Crippen molar-refractivity contribution in [1.29, 1.82) is 0 Å². The molecule has 1 aromatic heterocycles. The summed E-state index contributed by atoms with van der Waals surface area (Å²) in [6.07, 6.45) is 2.68. The molecular weight excluding hydrogens is 186 g/mol. The minimum atomic E-state index is 0.730. The fraction of sp³-hybridized carbons (Fsp3) is 0.308. The predicted octanol–water partition coefficient (Wildman–Crippen LogP) is 3.23. The van der Waals surface area contributed by atoms with Crippen molar-refractivity contribution in [2.24, 2.45) is 0 Å². The van der Waals surface area contributed by atoms with E-state index in [2.05, 4.69) is 31.5 Å². The summed E-state index contributed by atoms with van der Waals surface area (Å²) in [6.45, 7) is 9.75. The second kappa shape index (κ2) is 3.54. The number of aryl methyl sites for hydroxylation is 1. The summed E-state index contributed by atoms with van der Waals surface area (Å²) in [4.78, 5) is 4.42. The van der Waals surface area contributed by atoms with Gasteiger partial charge in [-0.3, -0.25) is 4.98 Å². The van der Waals surface area contributed by atoms with Gasteiger partial charge in [-0.05, 0) is 38.0 Å². The van der Waals surface area contributed by atoms with Crippen molar-refractivity contribution < 1.29 is 4.74 Å². The molecule has 78 valence electrons. The highest BCUT2D eigenvalue weighted by molar-refractivity contribution is 5.72. The Bertz CT molecular complexity index is 458. The van der Waals surface area contributed by atoms with E-state index < -0.39 is 0 Å². The van der Waals surface area contributed by atoms with E-state index in [1.165, 1.54) is 16.7 Å². The van der Waals surface area contributed by atoms with Gasteiger partial charge in [0.15, 0.2) is 0 Å². The third-order valence-corrected chi connectivity index (χ3v) is 2.55. The molecule has 2 heteroatoms. The molecule has 15 heavy (non-hydrogen) atoms. The fourth-order valence-corrected chi connectivity index (χ4v) is 1.82. The Morgan fingerprint density at radius 2 is 2.20 bits per heavy atom. The Hall–Kier alpha value is -1.57. The number of hydrogen-bond acceptors (Lipinski definition) is 2. The maximum Gasteiger partial charge on any atom is 0.113 e. The van der Waals surface area contributed by atoms with Gasteiger partial charge < -0.3 is 4.74 Å². The number of fused-ring (bicyclic) bond motifs is 1. The van der Waals surface area contributed by atoms with Gasteiger partial charge >= 0.3 is 0 Å². The lowest BCUT2D eigenvalue weighted by molar-refractivity contribution is 0.304. The normalized spacial score (nSPS) is 14.1. The van der Waals surface area contributed by atoms with E-state index in [0.717, 1.165) is 23.6 Å². The molecule has 0 saturated carbocycles. The predicted molar refractivity (Wildman–Crippen MR) is 61.2 cm³/mol. The van der Waals surface area contributed by atoms with E-state index >= 15 is 0 Å². The van der Waals surface area contributed by atoms with Crippen LogP contribution in [0.4, 0.5) is 0 Å². The summed E-state index contributed by atoms with van der Waals surface area (Å²) in [5.41, 5.74) is 4.69. The minimum Gasteiger partial charge on any atom is -0.466 e. The molecule has 0 unspecified atom stereocenters. The molecule has 0 amide bonds. The van der Waals surface area contributed by atoms with Crippen LogP contribution in [0.25, 0.3) is 5.57 Å². The third-order valence-electron chi connectivity index (χ3n) is 2.55. The quantitative estimate of drug-likeness (QED) is 0.685. The molecule has 0 aromatic carbocycles. The summed E-state index contributed by atoms with van der Waals surface area (Å²) in [7, 11) is 0. The molecule has 0 atom stereocenters. The molecular formula is C13H15NO. The third kappa shape index (κ3) is 1.80. The van der Waals surface area contributed by atoms with Crippen molar-refractivity contribution >= 4 is 5.57 Å². The van der Waals surface area contributed by atoms with Crippen LogP contribution in [0.1, 0.15) is 30.7 Å². The number of pyridine rings is 1. The maximum atomic E-state index is 5.59. The zero-order chi connectivity index (χ0) is 11.0. The first kappa shape index (κ1) is 9.97. The summed E-state index contributed by atoms with van der Waals surface area (Å²) in [6, 6.07) is 2.16. The zero-order valence-corrected chi connectivity index (χ0v) is 9.42. The van der Waals surface area contributed by atoms with E-state index in [4.69, 9.17) is 4.74 Å². The van der Waals surface area contributed by atoms with Gasteiger partial charge in [0.05, 0.1) is 11.5 Å². The first-order valence-electron chi connectivity index (χ1n) is 5.07. The summed E-state index contributed by atoms with van der Waals surface area (Å²) < 4.78 is 5.59. The molecule has 2 rings (SSSR count). The SMILES string of the molecule is C=C(C)OC1=C(C)c2cc(C)cnc2C1. The molecule has 0 saturated heterocycles. The van der Waals surface area contributed by atoms with Gasteiger partial charge in [-0.2, -0.15) is 0 Å². The largest absolute Gasteiger partial charge is 0.466 e. The minimum absolute atomic E-state index is 0.730. The molecule has 1 aromatic rings. The van der Waals surface area contributed by atoms with Crippen molar-refractivity contribution in [3.63, 3.8) is 0 Å². The van der Waals surface area contributed by atoms with E-state index in [9.17, 15) is 0 Å². The molecule has 1 aliphatic rings. The van der Waals surface area contributed by atoms with E-state index in [1.807, 2.05) is 13.1 Å². The number of aromatic nitrogens is 1. The van der Waals surface area contributed by atoms with Gasteiger partial charge in [0, 0.05) is 18.2 Å². The lowest BCUT2D eigenvalue weighted by Gasteiger charge is -2.05. The van der Waals surface area contributed by atoms with E-state index in [0.29, 0.717) is 0 Å². The van der Waals surface area contributed by atoms with Gasteiger partial charge in [-0.1, -0.05) is 6.58 Å². The number of ether oxygens (including phenoxy) is 1. The van der Waals surface area contributed by atoms with Crippen LogP contribution in [-0.4, -0.2) is 4.98 Å². The fourth-order valence-electron chi connectivity index (χ4n) is 1.82. The van der Waals surface area contributed by atoms with Gasteiger partial charge in [-0.15, -0.1) is 0 Å². The second-order valence-electron chi connectivity index (χ2n) is 4.04. The Kier molecular flexibility index (Phi) is 2.35. The topological polar surface area (TPSA) is 22.1 Å². The number of nitrogens with zero attached hydrogens (tertiary/aromatic N) is 1. The molecule has 0 aliphatic heterocycles. The molecule has 2 nitrogen and oxygen atoms in total. The lowest BCUT2D eigenvalue weighted by Crippen LogP contribution is -1.92. The van der Waals surface area contributed by atoms with Crippen LogP contribution in [-0.2, 0) is 11.2 Å². The Labute approximate surface area is 90.3 Å². The van der Waals surface area contributed by atoms with Gasteiger partial charge in [0.2, 0.25) is 0 Å². The lowest BCUT2D eigenvalue weighted by atomic mass is 10.1. The van der Waals surface area contributed by atoms with Gasteiger partial charge in [0.25, 0.3) is 0 Å². The van der Waals surface area contributed by atoms with Crippen molar-refractivity contribution in [3.8, 4) is 0 Å². The van der Waals surface area contributed by atoms with E-state index in [-0.39, 0.29) is 0 Å². The van der Waals surface area contributed by atoms with E-state index in [1.54, 1.807) is 0 Å². The van der Waals surface area contributed by atoms with Crippen LogP contribution in [0.2, 0.25) is 0 Å². The highest BCUT2D eigenvalue weighted by Crippen LogP contribution is 2.32. The highest BCUT2D eigenvalue weighted by Gasteiger charge is 2.21. The first-order chi connectivity index (χ1) is 7.08. The summed E-state index contributed by atoms with van der Waals surface area (Å²) >= 11 is 0. The Balaban J connectivity index is 2.38. The van der Waals surface area contributed by atoms with Gasteiger partial charge in [0.1, 0.15) is 5.76 Å². The monoisotopic (exact) mass is 201 g/mol. The molecule has 0 fully saturated rings. The van der Waals surface area contributed by atoms with Crippen molar-refractivity contribution in [3.05, 3.63) is 47.2 Å². The van der Waals surface area contributed by atoms with Crippen LogP contribution in [0.5, 0.6) is 0 Å². The van der Waals surface area contributed by atoms with Crippen LogP contribution in [0, 0.1) is 6.92 Å². The van der Waals surface area contributed by atoms with Crippen LogP contribution >= 0.6 is 0 Å². The highest BCUT2D eigenvalue weighted by atomic mass is 16.5. The number of rotatable bonds is 2. The first-order valence-corrected chi connectivity index (χ1v) is 5.07. The molecule has 0 bridgehead atoms. The van der Waals surface area contributed by atoms with Crippen LogP contribution in [0.3, 0.4) is 0 Å². The van der Waals surface area contributed by atoms with Crippen molar-refractivity contribution in [1.82, 2.24) is 4.98 Å². The average Bonchev–Trinajstić information content (AvgIpc) is 2.44. The number of allylic oxidation sites excluding steroid dienone is 3. The van der Waals surface area contributed by atoms with Crippen molar-refractivity contribution in [2.75, 3.05) is 0 Å². The summed E-state index contributed by atoms with van der Waals surface area (Å²) in [5.74, 6) is 1.71. The molecule has 1 heterocycles. The molecule has 0 radical (unpaired) electrons. The standard InChI is InChI=1S/C13H15NO/c1-8(2)15-13-6-12-11(10(13)4)5-9(3)7-14-12/h5,7H,1,6H2,2-4H3. The Morgan fingerprint density at radius 3 is 2.87 bits per heavy atom. The molecule has 0 N–H and O–H groups in total. The molecule has 0 spiro atoms. The zero-order valence-electron chi connectivity index (χ0n) is 9.42. The van der Waals surface area contributed by atoms with Gasteiger partial charge in [-0.25, -0.2) is 0 Å². The van der Waals surface area contributed by atoms with Crippen LogP contribution in [0.15, 0.2) is 30.4 Å². The maximum absolute atomic E-state index is 5.59. The Morgan fingerprint density at radius 1 is 1.47 bits per heavy atom. The smallest absolute Gasteiger partial charge is 0.113 e. The summed E-state index contributed by atoms with van der Waals surface area (Å²) in [5, 5.41) is 0. The molecule has 1 aliphatic carbocycles. The van der Waals surface area contributed by atoms with Crippen LogP contribution < -0.4 is 0 Å².